The van der Waals surface area contributed by atoms with Crippen molar-refractivity contribution >= 4 is 44.1 Å². The summed E-state index contributed by atoms with van der Waals surface area (Å²) >= 11 is 1.29. The molecular weight excluding hydrogens is 467 g/mol. The molecule has 0 spiro atoms. The van der Waals surface area contributed by atoms with Gasteiger partial charge in [-0.15, -0.1) is 0 Å². The number of rotatable bonds is 4. The fourth-order valence-electron chi connectivity index (χ4n) is 4.23. The number of amides is 1. The highest BCUT2D eigenvalue weighted by molar-refractivity contribution is 7.22. The second-order valence-electron chi connectivity index (χ2n) is 8.38. The Morgan fingerprint density at radius 2 is 1.89 bits per heavy atom. The minimum atomic E-state index is -0.947. The van der Waals surface area contributed by atoms with E-state index in [4.69, 9.17) is 4.74 Å². The van der Waals surface area contributed by atoms with Crippen LogP contribution in [0.5, 0.6) is 5.75 Å². The number of nitrogens with zero attached hydrogens (tertiary/aromatic N) is 2. The molecule has 6 nitrogen and oxygen atoms in total. The molecule has 1 aliphatic rings. The summed E-state index contributed by atoms with van der Waals surface area (Å²) in [5.41, 5.74) is 2.78. The highest BCUT2D eigenvalue weighted by Gasteiger charge is 2.48. The number of carbonyl (C=O) groups is 2. The molecule has 1 atom stereocenters. The van der Waals surface area contributed by atoms with Gasteiger partial charge in [0.25, 0.3) is 5.78 Å². The number of thiazole rings is 1. The maximum absolute atomic E-state index is 13.9. The van der Waals surface area contributed by atoms with Gasteiger partial charge in [-0.25, -0.2) is 9.37 Å². The van der Waals surface area contributed by atoms with E-state index in [0.29, 0.717) is 27.5 Å². The van der Waals surface area contributed by atoms with Gasteiger partial charge in [-0.05, 0) is 73.0 Å². The largest absolute Gasteiger partial charge is 0.507 e. The van der Waals surface area contributed by atoms with E-state index < -0.39 is 23.5 Å². The van der Waals surface area contributed by atoms with Gasteiger partial charge in [-0.3, -0.25) is 14.5 Å². The van der Waals surface area contributed by atoms with Gasteiger partial charge < -0.3 is 9.84 Å². The number of ether oxygens (including phenoxy) is 1. The molecule has 1 saturated heterocycles. The van der Waals surface area contributed by atoms with Crippen molar-refractivity contribution in [3.8, 4) is 5.75 Å². The highest BCUT2D eigenvalue weighted by atomic mass is 32.1. The summed E-state index contributed by atoms with van der Waals surface area (Å²) in [6.45, 7) is 3.53. The number of aromatic nitrogens is 1. The van der Waals surface area contributed by atoms with Crippen molar-refractivity contribution in [3.05, 3.63) is 94.3 Å². The van der Waals surface area contributed by atoms with Crippen molar-refractivity contribution in [1.29, 1.82) is 0 Å². The molecule has 35 heavy (non-hydrogen) atoms. The summed E-state index contributed by atoms with van der Waals surface area (Å²) in [6, 6.07) is 15.8. The normalized spacial score (nSPS) is 17.4. The molecule has 8 heteroatoms. The van der Waals surface area contributed by atoms with Gasteiger partial charge in [-0.1, -0.05) is 29.5 Å². The number of benzene rings is 3. The van der Waals surface area contributed by atoms with Gasteiger partial charge in [0.2, 0.25) is 0 Å². The predicted octanol–water partition coefficient (Wildman–Crippen LogP) is 5.69. The van der Waals surface area contributed by atoms with Crippen LogP contribution in [0.3, 0.4) is 0 Å². The van der Waals surface area contributed by atoms with Crippen LogP contribution in [0.2, 0.25) is 0 Å². The Hall–Kier alpha value is -4.04. The van der Waals surface area contributed by atoms with Crippen LogP contribution in [-0.2, 0) is 9.59 Å². The fraction of sp³-hybridized carbons (Fsp3) is 0.148. The van der Waals surface area contributed by atoms with Crippen molar-refractivity contribution in [3.63, 3.8) is 0 Å². The third-order valence-electron chi connectivity index (χ3n) is 6.02. The van der Waals surface area contributed by atoms with Crippen molar-refractivity contribution in [1.82, 2.24) is 4.98 Å². The van der Waals surface area contributed by atoms with Gasteiger partial charge in [0, 0.05) is 5.56 Å². The van der Waals surface area contributed by atoms with Crippen LogP contribution in [0.1, 0.15) is 28.3 Å². The number of Topliss-reactive ketones (excluding diaryl/α,β-unsaturated/α-hetero) is 1. The van der Waals surface area contributed by atoms with Gasteiger partial charge >= 0.3 is 5.91 Å². The van der Waals surface area contributed by atoms with E-state index >= 15 is 0 Å². The first-order chi connectivity index (χ1) is 16.8. The number of anilines is 1. The molecule has 1 aromatic heterocycles. The molecule has 176 valence electrons. The van der Waals surface area contributed by atoms with E-state index in [0.717, 1.165) is 10.3 Å². The van der Waals surface area contributed by atoms with E-state index in [1.807, 2.05) is 25.1 Å². The Balaban J connectivity index is 1.75. The molecule has 5 rings (SSSR count). The predicted molar refractivity (Wildman–Crippen MR) is 133 cm³/mol. The second kappa shape index (κ2) is 8.63. The first-order valence-corrected chi connectivity index (χ1v) is 11.7. The summed E-state index contributed by atoms with van der Waals surface area (Å²) in [6.07, 6.45) is 0. The topological polar surface area (TPSA) is 79.7 Å². The zero-order valence-electron chi connectivity index (χ0n) is 19.2. The molecule has 3 aromatic carbocycles. The van der Waals surface area contributed by atoms with Crippen molar-refractivity contribution in [2.24, 2.45) is 0 Å². The number of halogens is 1. The Labute approximate surface area is 204 Å². The molecule has 1 amide bonds. The minimum Gasteiger partial charge on any atom is -0.507 e. The average Bonchev–Trinajstić information content (AvgIpc) is 3.38. The van der Waals surface area contributed by atoms with Crippen molar-refractivity contribution in [2.45, 2.75) is 19.9 Å². The number of aliphatic hydroxyl groups is 1. The first-order valence-electron chi connectivity index (χ1n) is 10.9. The van der Waals surface area contributed by atoms with Crippen LogP contribution in [-0.4, -0.2) is 28.9 Å². The standard InChI is InChI=1S/C27H21FN2O4S/c1-14-7-10-20-21(11-14)35-27(29-20)30-23(16-5-4-6-18(13-16)34-3)22(25(32)26(30)33)24(31)17-8-9-19(28)15(2)12-17/h4-13,23,31H,1-3H3/b24-22+. The summed E-state index contributed by atoms with van der Waals surface area (Å²) in [5.74, 6) is -1.91. The molecular formula is C27H21FN2O4S. The second-order valence-corrected chi connectivity index (χ2v) is 9.39. The third kappa shape index (κ3) is 3.85. The van der Waals surface area contributed by atoms with E-state index in [9.17, 15) is 19.1 Å². The lowest BCUT2D eigenvalue weighted by molar-refractivity contribution is -0.132. The van der Waals surface area contributed by atoms with Crippen LogP contribution < -0.4 is 9.64 Å². The summed E-state index contributed by atoms with van der Waals surface area (Å²) in [7, 11) is 1.52. The lowest BCUT2D eigenvalue weighted by atomic mass is 9.95. The quantitative estimate of drug-likeness (QED) is 0.227. The lowest BCUT2D eigenvalue weighted by Crippen LogP contribution is -2.29. The Kier molecular flexibility index (Phi) is 5.61. The maximum Gasteiger partial charge on any atom is 0.301 e. The number of ketones is 1. The third-order valence-corrected chi connectivity index (χ3v) is 7.04. The molecule has 1 aliphatic heterocycles. The molecule has 0 bridgehead atoms. The number of aryl methyl sites for hydroxylation is 2. The molecule has 1 unspecified atom stereocenters. The number of hydrogen-bond donors (Lipinski definition) is 1. The fourth-order valence-corrected chi connectivity index (χ4v) is 5.32. The SMILES string of the molecule is COc1cccc(C2/C(=C(\O)c3ccc(F)c(C)c3)C(=O)C(=O)N2c2nc3ccc(C)cc3s2)c1. The van der Waals surface area contributed by atoms with E-state index in [2.05, 4.69) is 4.98 Å². The summed E-state index contributed by atoms with van der Waals surface area (Å²) in [4.78, 5) is 32.6. The van der Waals surface area contributed by atoms with Crippen LogP contribution in [0.15, 0.2) is 66.2 Å². The van der Waals surface area contributed by atoms with Crippen LogP contribution in [0.4, 0.5) is 9.52 Å². The van der Waals surface area contributed by atoms with Crippen molar-refractivity contribution in [2.75, 3.05) is 12.0 Å². The number of aliphatic hydroxyl groups excluding tert-OH is 1. The molecule has 0 saturated carbocycles. The molecule has 2 heterocycles. The number of fused-ring (bicyclic) bond motifs is 1. The smallest absolute Gasteiger partial charge is 0.301 e. The van der Waals surface area contributed by atoms with Crippen LogP contribution >= 0.6 is 11.3 Å². The van der Waals surface area contributed by atoms with Gasteiger partial charge in [-0.2, -0.15) is 0 Å². The molecule has 1 fully saturated rings. The van der Waals surface area contributed by atoms with Crippen LogP contribution in [0, 0.1) is 19.7 Å². The first kappa shape index (κ1) is 22.7. The Morgan fingerprint density at radius 1 is 1.09 bits per heavy atom. The van der Waals surface area contributed by atoms with Gasteiger partial charge in [0.05, 0.1) is 28.9 Å². The number of hydrogen-bond acceptors (Lipinski definition) is 6. The van der Waals surface area contributed by atoms with E-state index in [-0.39, 0.29) is 16.9 Å². The van der Waals surface area contributed by atoms with Crippen molar-refractivity contribution < 1.29 is 23.8 Å². The Bertz CT molecular complexity index is 1540. The molecule has 4 aromatic rings. The summed E-state index contributed by atoms with van der Waals surface area (Å²) in [5, 5.41) is 11.6. The summed E-state index contributed by atoms with van der Waals surface area (Å²) < 4.78 is 20.1. The van der Waals surface area contributed by atoms with E-state index in [1.165, 1.54) is 41.5 Å². The molecule has 0 radical (unpaired) electrons. The van der Waals surface area contributed by atoms with Crippen LogP contribution in [0.25, 0.3) is 16.0 Å². The van der Waals surface area contributed by atoms with E-state index in [1.54, 1.807) is 31.2 Å². The maximum atomic E-state index is 13.9. The minimum absolute atomic E-state index is 0.0929. The molecule has 1 N–H and O–H groups in total. The Morgan fingerprint density at radius 3 is 2.63 bits per heavy atom. The number of methoxy groups -OCH3 is 1. The van der Waals surface area contributed by atoms with Gasteiger partial charge in [0.1, 0.15) is 17.3 Å². The number of carbonyl (C=O) groups excluding carboxylic acids is 2. The zero-order chi connectivity index (χ0) is 24.9. The lowest BCUT2D eigenvalue weighted by Gasteiger charge is -2.23. The zero-order valence-corrected chi connectivity index (χ0v) is 20.0. The monoisotopic (exact) mass is 488 g/mol. The highest BCUT2D eigenvalue weighted by Crippen LogP contribution is 2.45. The average molecular weight is 489 g/mol. The van der Waals surface area contributed by atoms with Gasteiger partial charge in [0.15, 0.2) is 5.13 Å². The molecule has 0 aliphatic carbocycles.